The standard InChI is InChI=1S/C7H16N2O/c1-2-3-7-10-9-6-4-5-8/h6H,2-5,7-8H2,1H3/b9-6+. The van der Waals surface area contributed by atoms with E-state index in [4.69, 9.17) is 10.6 Å². The Morgan fingerprint density at radius 3 is 3.00 bits per heavy atom. The Morgan fingerprint density at radius 1 is 1.60 bits per heavy atom. The van der Waals surface area contributed by atoms with Crippen LogP contribution in [0.5, 0.6) is 0 Å². The van der Waals surface area contributed by atoms with Gasteiger partial charge in [0.05, 0.1) is 0 Å². The van der Waals surface area contributed by atoms with Gasteiger partial charge in [-0.25, -0.2) is 0 Å². The fraction of sp³-hybridized carbons (Fsp3) is 0.857. The average Bonchev–Trinajstić information content (AvgIpc) is 1.97. The highest BCUT2D eigenvalue weighted by molar-refractivity contribution is 5.56. The summed E-state index contributed by atoms with van der Waals surface area (Å²) in [4.78, 5) is 4.89. The summed E-state index contributed by atoms with van der Waals surface area (Å²) in [6.45, 7) is 3.48. The van der Waals surface area contributed by atoms with Crippen LogP contribution in [0.25, 0.3) is 0 Å². The summed E-state index contributed by atoms with van der Waals surface area (Å²) in [5.41, 5.74) is 5.22. The molecule has 0 heterocycles. The van der Waals surface area contributed by atoms with Crippen LogP contribution in [0.1, 0.15) is 26.2 Å². The number of hydrogen-bond acceptors (Lipinski definition) is 3. The quantitative estimate of drug-likeness (QED) is 0.345. The molecule has 3 nitrogen and oxygen atoms in total. The lowest BCUT2D eigenvalue weighted by Gasteiger charge is -1.94. The summed E-state index contributed by atoms with van der Waals surface area (Å²) in [7, 11) is 0. The molecule has 0 aliphatic rings. The molecule has 0 spiro atoms. The van der Waals surface area contributed by atoms with Crippen molar-refractivity contribution in [2.24, 2.45) is 10.9 Å². The number of oxime groups is 1. The molecule has 0 aromatic heterocycles. The third-order valence-corrected chi connectivity index (χ3v) is 1.03. The Bertz CT molecular complexity index is 83.7. The molecule has 0 saturated heterocycles. The lowest BCUT2D eigenvalue weighted by Crippen LogP contribution is -1.98. The lowest BCUT2D eigenvalue weighted by molar-refractivity contribution is 0.142. The fourth-order valence-electron chi connectivity index (χ4n) is 0.442. The van der Waals surface area contributed by atoms with E-state index >= 15 is 0 Å². The monoisotopic (exact) mass is 144 g/mol. The van der Waals surface area contributed by atoms with Crippen molar-refractivity contribution >= 4 is 6.21 Å². The second kappa shape index (κ2) is 8.43. The van der Waals surface area contributed by atoms with Gasteiger partial charge in [-0.1, -0.05) is 18.5 Å². The van der Waals surface area contributed by atoms with Crippen molar-refractivity contribution in [2.45, 2.75) is 26.2 Å². The normalized spacial score (nSPS) is 10.6. The van der Waals surface area contributed by atoms with E-state index in [1.807, 2.05) is 0 Å². The third-order valence-electron chi connectivity index (χ3n) is 1.03. The minimum Gasteiger partial charge on any atom is -0.396 e. The van der Waals surface area contributed by atoms with Crippen LogP contribution in [0.15, 0.2) is 5.16 Å². The molecule has 0 rings (SSSR count). The maximum atomic E-state index is 5.22. The first-order chi connectivity index (χ1) is 4.91. The van der Waals surface area contributed by atoms with Gasteiger partial charge in [0.2, 0.25) is 0 Å². The SMILES string of the molecule is CCCCO/N=C/CCN. The molecule has 60 valence electrons. The highest BCUT2D eigenvalue weighted by Crippen LogP contribution is 1.87. The van der Waals surface area contributed by atoms with Gasteiger partial charge in [-0.2, -0.15) is 0 Å². The summed E-state index contributed by atoms with van der Waals surface area (Å²) in [6.07, 6.45) is 4.72. The van der Waals surface area contributed by atoms with E-state index in [1.165, 1.54) is 0 Å². The molecular formula is C7H16N2O. The molecule has 0 atom stereocenters. The number of nitrogens with two attached hydrogens (primary N) is 1. The third kappa shape index (κ3) is 7.43. The van der Waals surface area contributed by atoms with Crippen LogP contribution in [0.3, 0.4) is 0 Å². The van der Waals surface area contributed by atoms with Crippen LogP contribution in [-0.4, -0.2) is 19.4 Å². The van der Waals surface area contributed by atoms with Gasteiger partial charge < -0.3 is 10.6 Å². The van der Waals surface area contributed by atoms with E-state index in [2.05, 4.69) is 12.1 Å². The molecule has 0 saturated carbocycles. The highest BCUT2D eigenvalue weighted by Gasteiger charge is 1.80. The topological polar surface area (TPSA) is 47.6 Å². The molecule has 0 radical (unpaired) electrons. The van der Waals surface area contributed by atoms with Gasteiger partial charge in [-0.3, -0.25) is 0 Å². The molecule has 0 bridgehead atoms. The number of rotatable bonds is 6. The van der Waals surface area contributed by atoms with Crippen molar-refractivity contribution in [3.63, 3.8) is 0 Å². The summed E-state index contributed by atoms with van der Waals surface area (Å²) >= 11 is 0. The molecule has 0 aromatic rings. The summed E-state index contributed by atoms with van der Waals surface area (Å²) in [5.74, 6) is 0. The highest BCUT2D eigenvalue weighted by atomic mass is 16.6. The zero-order valence-corrected chi connectivity index (χ0v) is 6.55. The van der Waals surface area contributed by atoms with Gasteiger partial charge >= 0.3 is 0 Å². The maximum Gasteiger partial charge on any atom is 0.117 e. The number of unbranched alkanes of at least 4 members (excludes halogenated alkanes) is 1. The zero-order valence-electron chi connectivity index (χ0n) is 6.55. The molecule has 2 N–H and O–H groups in total. The Kier molecular flexibility index (Phi) is 7.95. The van der Waals surface area contributed by atoms with Crippen LogP contribution in [0.2, 0.25) is 0 Å². The second-order valence-electron chi connectivity index (χ2n) is 2.05. The van der Waals surface area contributed by atoms with E-state index in [-0.39, 0.29) is 0 Å². The Balaban J connectivity index is 2.88. The largest absolute Gasteiger partial charge is 0.396 e. The molecule has 0 amide bonds. The van der Waals surface area contributed by atoms with Gasteiger partial charge in [0.1, 0.15) is 6.61 Å². The van der Waals surface area contributed by atoms with Crippen molar-refractivity contribution in [3.8, 4) is 0 Å². The molecule has 0 aliphatic heterocycles. The van der Waals surface area contributed by atoms with Crippen LogP contribution in [0, 0.1) is 0 Å². The van der Waals surface area contributed by atoms with Crippen LogP contribution < -0.4 is 5.73 Å². The first-order valence-corrected chi connectivity index (χ1v) is 3.75. The molecule has 0 fully saturated rings. The molecule has 0 aromatic carbocycles. The van der Waals surface area contributed by atoms with E-state index in [0.717, 1.165) is 25.9 Å². The lowest BCUT2D eigenvalue weighted by atomic mass is 10.4. The molecule has 3 heteroatoms. The van der Waals surface area contributed by atoms with E-state index in [9.17, 15) is 0 Å². The molecule has 0 unspecified atom stereocenters. The van der Waals surface area contributed by atoms with Gasteiger partial charge in [-0.15, -0.1) is 0 Å². The Hall–Kier alpha value is -0.570. The molecule has 10 heavy (non-hydrogen) atoms. The van der Waals surface area contributed by atoms with Crippen molar-refractivity contribution in [1.82, 2.24) is 0 Å². The first kappa shape index (κ1) is 9.43. The van der Waals surface area contributed by atoms with Crippen molar-refractivity contribution in [1.29, 1.82) is 0 Å². The van der Waals surface area contributed by atoms with E-state index in [1.54, 1.807) is 6.21 Å². The average molecular weight is 144 g/mol. The second-order valence-corrected chi connectivity index (χ2v) is 2.05. The predicted octanol–water partition coefficient (Wildman–Crippen LogP) is 1.14. The minimum atomic E-state index is 0.640. The number of hydrogen-bond donors (Lipinski definition) is 1. The summed E-state index contributed by atoms with van der Waals surface area (Å²) in [6, 6.07) is 0. The van der Waals surface area contributed by atoms with Crippen LogP contribution in [-0.2, 0) is 4.84 Å². The van der Waals surface area contributed by atoms with Gasteiger partial charge in [-0.05, 0) is 19.4 Å². The molecule has 0 aliphatic carbocycles. The Morgan fingerprint density at radius 2 is 2.40 bits per heavy atom. The predicted molar refractivity (Wildman–Crippen MR) is 43.0 cm³/mol. The van der Waals surface area contributed by atoms with Gasteiger partial charge in [0, 0.05) is 6.21 Å². The van der Waals surface area contributed by atoms with Crippen molar-refractivity contribution in [3.05, 3.63) is 0 Å². The van der Waals surface area contributed by atoms with Gasteiger partial charge in [0.15, 0.2) is 0 Å². The first-order valence-electron chi connectivity index (χ1n) is 3.75. The summed E-state index contributed by atoms with van der Waals surface area (Å²) in [5, 5.41) is 3.69. The van der Waals surface area contributed by atoms with E-state index < -0.39 is 0 Å². The smallest absolute Gasteiger partial charge is 0.117 e. The molecular weight excluding hydrogens is 128 g/mol. The Labute approximate surface area is 62.2 Å². The maximum absolute atomic E-state index is 5.22. The zero-order chi connectivity index (χ0) is 7.66. The van der Waals surface area contributed by atoms with Crippen LogP contribution >= 0.6 is 0 Å². The fourth-order valence-corrected chi connectivity index (χ4v) is 0.442. The van der Waals surface area contributed by atoms with Crippen LogP contribution in [0.4, 0.5) is 0 Å². The summed E-state index contributed by atoms with van der Waals surface area (Å²) < 4.78 is 0. The van der Waals surface area contributed by atoms with Gasteiger partial charge in [0.25, 0.3) is 0 Å². The van der Waals surface area contributed by atoms with E-state index in [0.29, 0.717) is 6.54 Å². The number of nitrogens with zero attached hydrogens (tertiary/aromatic N) is 1. The minimum absolute atomic E-state index is 0.640. The van der Waals surface area contributed by atoms with Crippen molar-refractivity contribution in [2.75, 3.05) is 13.2 Å². The van der Waals surface area contributed by atoms with Crippen molar-refractivity contribution < 1.29 is 4.84 Å².